The molecule has 3 aromatic carbocycles. The molecule has 0 aliphatic heterocycles. The average molecular weight is 605 g/mol. The molecule has 0 fully saturated rings. The minimum absolute atomic E-state index is 0. The van der Waals surface area contributed by atoms with Gasteiger partial charge in [0.1, 0.15) is 11.3 Å². The zero-order valence-corrected chi connectivity index (χ0v) is 28.6. The van der Waals surface area contributed by atoms with Gasteiger partial charge in [-0.2, -0.15) is 0 Å². The summed E-state index contributed by atoms with van der Waals surface area (Å²) in [5, 5.41) is 1.23. The van der Waals surface area contributed by atoms with Gasteiger partial charge in [-0.1, -0.05) is 127 Å². The number of aromatic nitrogens is 4. The molecule has 3 heterocycles. The van der Waals surface area contributed by atoms with Crippen LogP contribution in [-0.4, -0.2) is 19.9 Å². The Kier molecular flexibility index (Phi) is 19.5. The van der Waals surface area contributed by atoms with Crippen molar-refractivity contribution < 1.29 is 4.42 Å². The lowest BCUT2D eigenvalue weighted by Gasteiger charge is -1.95. The Bertz CT molecular complexity index is 1260. The summed E-state index contributed by atoms with van der Waals surface area (Å²) in [6.07, 6.45) is 0. The third-order valence-corrected chi connectivity index (χ3v) is 6.90. The molecule has 3 aromatic heterocycles. The highest BCUT2D eigenvalue weighted by Gasteiger charge is 2.08. The van der Waals surface area contributed by atoms with Crippen LogP contribution in [0.2, 0.25) is 0 Å². The second kappa shape index (κ2) is 21.2. The number of para-hydroxylation sites is 5. The predicted molar refractivity (Wildman–Crippen MR) is 193 cm³/mol. The van der Waals surface area contributed by atoms with Crippen molar-refractivity contribution in [2.75, 3.05) is 0 Å². The first-order valence-electron chi connectivity index (χ1n) is 15.5. The molecule has 0 spiro atoms. The molecule has 0 saturated carbocycles. The Morgan fingerprint density at radius 3 is 1.63 bits per heavy atom. The number of hydrogen-bond acceptors (Lipinski definition) is 5. The van der Waals surface area contributed by atoms with Crippen LogP contribution < -0.4 is 0 Å². The number of imidazole rings is 1. The normalized spacial score (nSPS) is 9.84. The van der Waals surface area contributed by atoms with E-state index in [-0.39, 0.29) is 7.43 Å². The lowest BCUT2D eigenvalue weighted by atomic mass is 10.2. The number of fused-ring (bicyclic) bond motifs is 3. The maximum atomic E-state index is 5.52. The van der Waals surface area contributed by atoms with Gasteiger partial charge in [0, 0.05) is 17.8 Å². The topological polar surface area (TPSA) is 67.6 Å². The summed E-state index contributed by atoms with van der Waals surface area (Å²) >= 11 is 1.79. The maximum absolute atomic E-state index is 5.52. The van der Waals surface area contributed by atoms with Gasteiger partial charge >= 0.3 is 0 Å². The fourth-order valence-electron chi connectivity index (χ4n) is 3.52. The van der Waals surface area contributed by atoms with Crippen LogP contribution in [0.3, 0.4) is 0 Å². The quantitative estimate of drug-likeness (QED) is 0.218. The van der Waals surface area contributed by atoms with Gasteiger partial charge in [0.15, 0.2) is 11.5 Å². The minimum atomic E-state index is 0. The van der Waals surface area contributed by atoms with Crippen molar-refractivity contribution in [1.82, 2.24) is 19.9 Å². The summed E-state index contributed by atoms with van der Waals surface area (Å²) in [4.78, 5) is 16.6. The van der Waals surface area contributed by atoms with Gasteiger partial charge in [0.05, 0.1) is 26.3 Å². The standard InChI is InChI=1S/C10H12N2.C10H11NO.C10H11NS.3C2H6.CH4/c3*1-7(2)10-11-8-5-3-4-6-9(8)12-10;3*1-2;/h3-7H,1-2H3,(H,11,12);2*3-7H,1-2H3;3*1-2H3;1H4. The number of nitrogens with zero attached hydrogens (tertiary/aromatic N) is 3. The van der Waals surface area contributed by atoms with E-state index in [9.17, 15) is 0 Å². The monoisotopic (exact) mass is 604 g/mol. The molecule has 6 aromatic rings. The summed E-state index contributed by atoms with van der Waals surface area (Å²) in [5.74, 6) is 3.25. The molecule has 0 saturated heterocycles. The molecule has 6 heteroatoms. The van der Waals surface area contributed by atoms with Crippen LogP contribution in [0.5, 0.6) is 0 Å². The summed E-state index contributed by atoms with van der Waals surface area (Å²) < 4.78 is 6.81. The highest BCUT2D eigenvalue weighted by Crippen LogP contribution is 2.26. The van der Waals surface area contributed by atoms with Gasteiger partial charge in [-0.15, -0.1) is 11.3 Å². The number of thiazole rings is 1. The number of rotatable bonds is 3. The largest absolute Gasteiger partial charge is 0.440 e. The third-order valence-electron chi connectivity index (χ3n) is 5.56. The number of H-pyrrole nitrogens is 1. The van der Waals surface area contributed by atoms with Gasteiger partial charge in [-0.05, 0) is 36.4 Å². The Hall–Kier alpha value is -3.51. The van der Waals surface area contributed by atoms with Crippen molar-refractivity contribution in [2.45, 2.75) is 108 Å². The second-order valence-corrected chi connectivity index (χ2v) is 10.7. The molecule has 0 amide bonds. The molecule has 0 aliphatic rings. The molecular weight excluding hydrogens is 549 g/mol. The zero-order valence-electron chi connectivity index (χ0n) is 27.8. The van der Waals surface area contributed by atoms with Gasteiger partial charge in [0.2, 0.25) is 0 Å². The van der Waals surface area contributed by atoms with Crippen molar-refractivity contribution in [2.24, 2.45) is 0 Å². The van der Waals surface area contributed by atoms with Gasteiger partial charge in [-0.25, -0.2) is 15.0 Å². The predicted octanol–water partition coefficient (Wildman–Crippen LogP) is 12.8. The Morgan fingerprint density at radius 1 is 0.581 bits per heavy atom. The molecule has 0 bridgehead atoms. The second-order valence-electron chi connectivity index (χ2n) is 9.64. The molecule has 0 radical (unpaired) electrons. The Balaban J connectivity index is 0.000000559. The fourth-order valence-corrected chi connectivity index (χ4v) is 4.49. The van der Waals surface area contributed by atoms with E-state index in [0.29, 0.717) is 17.8 Å². The molecule has 0 atom stereocenters. The van der Waals surface area contributed by atoms with Crippen LogP contribution in [0.25, 0.3) is 32.3 Å². The summed E-state index contributed by atoms with van der Waals surface area (Å²) in [6.45, 7) is 24.8. The number of benzene rings is 3. The van der Waals surface area contributed by atoms with Crippen molar-refractivity contribution >= 4 is 43.7 Å². The first kappa shape index (κ1) is 39.5. The van der Waals surface area contributed by atoms with Crippen LogP contribution in [0, 0.1) is 0 Å². The molecule has 1 N–H and O–H groups in total. The van der Waals surface area contributed by atoms with Crippen LogP contribution in [-0.2, 0) is 0 Å². The van der Waals surface area contributed by atoms with Crippen LogP contribution in [0.15, 0.2) is 77.2 Å². The number of aromatic amines is 1. The summed E-state index contributed by atoms with van der Waals surface area (Å²) in [7, 11) is 0. The molecule has 0 aliphatic carbocycles. The van der Waals surface area contributed by atoms with E-state index < -0.39 is 0 Å². The van der Waals surface area contributed by atoms with E-state index in [4.69, 9.17) is 4.42 Å². The van der Waals surface area contributed by atoms with Crippen molar-refractivity contribution in [1.29, 1.82) is 0 Å². The molecule has 0 unspecified atom stereocenters. The maximum Gasteiger partial charge on any atom is 0.198 e. The fraction of sp³-hybridized carbons (Fsp3) is 0.432. The highest BCUT2D eigenvalue weighted by atomic mass is 32.1. The lowest BCUT2D eigenvalue weighted by molar-refractivity contribution is 0.501. The number of nitrogens with one attached hydrogen (secondary N) is 1. The van der Waals surface area contributed by atoms with E-state index in [2.05, 4.69) is 79.7 Å². The minimum Gasteiger partial charge on any atom is -0.440 e. The van der Waals surface area contributed by atoms with E-state index in [1.165, 1.54) is 9.71 Å². The van der Waals surface area contributed by atoms with Gasteiger partial charge in [0.25, 0.3) is 0 Å². The van der Waals surface area contributed by atoms with E-state index in [1.807, 2.05) is 96.1 Å². The van der Waals surface area contributed by atoms with Gasteiger partial charge in [-0.3, -0.25) is 0 Å². The smallest absolute Gasteiger partial charge is 0.198 e. The van der Waals surface area contributed by atoms with Crippen molar-refractivity contribution in [3.05, 3.63) is 89.5 Å². The molecule has 43 heavy (non-hydrogen) atoms. The number of oxazole rings is 1. The van der Waals surface area contributed by atoms with Crippen molar-refractivity contribution in [3.63, 3.8) is 0 Å². The molecule has 5 nitrogen and oxygen atoms in total. The van der Waals surface area contributed by atoms with Gasteiger partial charge < -0.3 is 9.40 Å². The Morgan fingerprint density at radius 2 is 1.12 bits per heavy atom. The van der Waals surface area contributed by atoms with E-state index in [1.54, 1.807) is 11.3 Å². The lowest BCUT2D eigenvalue weighted by Crippen LogP contribution is -1.88. The highest BCUT2D eigenvalue weighted by molar-refractivity contribution is 7.18. The number of hydrogen-bond donors (Lipinski definition) is 1. The van der Waals surface area contributed by atoms with Crippen LogP contribution >= 0.6 is 11.3 Å². The first-order valence-corrected chi connectivity index (χ1v) is 16.3. The Labute approximate surface area is 265 Å². The molecular formula is C37H56N4OS. The van der Waals surface area contributed by atoms with Crippen molar-refractivity contribution in [3.8, 4) is 0 Å². The molecule has 236 valence electrons. The van der Waals surface area contributed by atoms with E-state index >= 15 is 0 Å². The SMILES string of the molecule is C.CC.CC.CC.CC(C)c1nc2ccccc2[nH]1.CC(C)c1nc2ccccc2o1.CC(C)c1nc2ccccc2s1. The van der Waals surface area contributed by atoms with E-state index in [0.717, 1.165) is 39.4 Å². The first-order chi connectivity index (χ1) is 20.3. The average Bonchev–Trinajstić information content (AvgIpc) is 3.77. The third kappa shape index (κ3) is 11.9. The van der Waals surface area contributed by atoms with Crippen LogP contribution in [0.4, 0.5) is 0 Å². The zero-order chi connectivity index (χ0) is 31.7. The summed E-state index contributed by atoms with van der Waals surface area (Å²) in [5.41, 5.74) is 5.14. The van der Waals surface area contributed by atoms with Crippen LogP contribution in [0.1, 0.15) is 125 Å². The molecule has 6 rings (SSSR count). The summed E-state index contributed by atoms with van der Waals surface area (Å²) in [6, 6.07) is 24.2.